The van der Waals surface area contributed by atoms with Gasteiger partial charge in [0.25, 0.3) is 5.69 Å². The number of nitro benzene ring substituents is 1. The van der Waals surface area contributed by atoms with Gasteiger partial charge >= 0.3 is 0 Å². The average molecular weight is 266 g/mol. The summed E-state index contributed by atoms with van der Waals surface area (Å²) in [5, 5.41) is 13.8. The number of nitrogens with one attached hydrogen (secondary N) is 1. The fourth-order valence-electron chi connectivity index (χ4n) is 1.45. The van der Waals surface area contributed by atoms with Crippen LogP contribution < -0.4 is 10.1 Å². The molecule has 0 saturated heterocycles. The first-order valence-corrected chi connectivity index (χ1v) is 5.83. The summed E-state index contributed by atoms with van der Waals surface area (Å²) in [7, 11) is 1.51. The van der Waals surface area contributed by atoms with E-state index in [2.05, 4.69) is 11.9 Å². The summed E-state index contributed by atoms with van der Waals surface area (Å²) < 4.78 is 10.4. The molecule has 0 atom stereocenters. The van der Waals surface area contributed by atoms with Crippen LogP contribution in [-0.2, 0) is 4.74 Å². The average Bonchev–Trinajstić information content (AvgIpc) is 2.37. The number of ether oxygens (including phenoxy) is 2. The Labute approximate surface area is 112 Å². The summed E-state index contributed by atoms with van der Waals surface area (Å²) in [5.74, 6) is 0.566. The first-order valence-electron chi connectivity index (χ1n) is 5.83. The van der Waals surface area contributed by atoms with Crippen molar-refractivity contribution in [1.82, 2.24) is 0 Å². The maximum Gasteiger partial charge on any atom is 0.292 e. The molecule has 0 aliphatic heterocycles. The number of benzene rings is 1. The van der Waals surface area contributed by atoms with Gasteiger partial charge in [0.2, 0.25) is 0 Å². The largest absolute Gasteiger partial charge is 0.497 e. The van der Waals surface area contributed by atoms with Gasteiger partial charge in [-0.1, -0.05) is 12.2 Å². The Morgan fingerprint density at radius 2 is 2.26 bits per heavy atom. The summed E-state index contributed by atoms with van der Waals surface area (Å²) in [6.07, 6.45) is 0. The number of anilines is 1. The van der Waals surface area contributed by atoms with E-state index in [1.165, 1.54) is 13.2 Å². The third-order valence-corrected chi connectivity index (χ3v) is 2.31. The van der Waals surface area contributed by atoms with Gasteiger partial charge in [-0.2, -0.15) is 0 Å². The van der Waals surface area contributed by atoms with Crippen molar-refractivity contribution in [3.8, 4) is 5.75 Å². The topological polar surface area (TPSA) is 73.6 Å². The normalized spacial score (nSPS) is 10.0. The maximum atomic E-state index is 10.9. The molecule has 0 unspecified atom stereocenters. The van der Waals surface area contributed by atoms with Gasteiger partial charge < -0.3 is 14.8 Å². The standard InChI is InChI=1S/C13H18N2O4/c1-10(2)9-19-7-6-14-12-8-11(18-3)4-5-13(12)15(16)17/h4-5,8,14H,1,6-7,9H2,2-3H3. The molecule has 0 saturated carbocycles. The lowest BCUT2D eigenvalue weighted by Crippen LogP contribution is -2.11. The van der Waals surface area contributed by atoms with Crippen LogP contribution in [0.1, 0.15) is 6.92 Å². The zero-order valence-corrected chi connectivity index (χ0v) is 11.1. The molecule has 1 aromatic carbocycles. The maximum absolute atomic E-state index is 10.9. The van der Waals surface area contributed by atoms with Gasteiger partial charge in [0.1, 0.15) is 11.4 Å². The molecule has 0 fully saturated rings. The lowest BCUT2D eigenvalue weighted by molar-refractivity contribution is -0.384. The first-order chi connectivity index (χ1) is 9.04. The van der Waals surface area contributed by atoms with Gasteiger partial charge in [-0.15, -0.1) is 0 Å². The number of nitro groups is 1. The smallest absolute Gasteiger partial charge is 0.292 e. The molecule has 0 spiro atoms. The van der Waals surface area contributed by atoms with Crippen LogP contribution in [-0.4, -0.2) is 31.8 Å². The Morgan fingerprint density at radius 3 is 2.84 bits per heavy atom. The Bertz CT molecular complexity index is 460. The summed E-state index contributed by atoms with van der Waals surface area (Å²) in [4.78, 5) is 10.4. The fraction of sp³-hybridized carbons (Fsp3) is 0.385. The van der Waals surface area contributed by atoms with Gasteiger partial charge in [0.15, 0.2) is 0 Å². The van der Waals surface area contributed by atoms with E-state index in [0.717, 1.165) is 5.57 Å². The van der Waals surface area contributed by atoms with E-state index < -0.39 is 4.92 Å². The van der Waals surface area contributed by atoms with Crippen LogP contribution in [0.25, 0.3) is 0 Å². The molecule has 1 N–H and O–H groups in total. The van der Waals surface area contributed by atoms with E-state index in [1.54, 1.807) is 12.1 Å². The second kappa shape index (κ2) is 7.38. The summed E-state index contributed by atoms with van der Waals surface area (Å²) >= 11 is 0. The van der Waals surface area contributed by atoms with E-state index in [9.17, 15) is 10.1 Å². The third kappa shape index (κ3) is 4.97. The molecule has 6 heteroatoms. The van der Waals surface area contributed by atoms with E-state index in [-0.39, 0.29) is 5.69 Å². The van der Waals surface area contributed by atoms with Crippen LogP contribution >= 0.6 is 0 Å². The first kappa shape index (κ1) is 15.0. The molecule has 104 valence electrons. The van der Waals surface area contributed by atoms with Gasteiger partial charge in [0.05, 0.1) is 25.2 Å². The van der Waals surface area contributed by atoms with Gasteiger partial charge in [0, 0.05) is 18.7 Å². The number of nitrogens with zero attached hydrogens (tertiary/aromatic N) is 1. The number of methoxy groups -OCH3 is 1. The minimum absolute atomic E-state index is 0.0145. The molecule has 6 nitrogen and oxygen atoms in total. The minimum atomic E-state index is -0.434. The molecule has 0 amide bonds. The predicted molar refractivity (Wildman–Crippen MR) is 73.8 cm³/mol. The number of rotatable bonds is 8. The highest BCUT2D eigenvalue weighted by Crippen LogP contribution is 2.28. The van der Waals surface area contributed by atoms with Crippen LogP contribution in [0, 0.1) is 10.1 Å². The Balaban J connectivity index is 2.59. The van der Waals surface area contributed by atoms with Crippen molar-refractivity contribution in [2.24, 2.45) is 0 Å². The zero-order valence-electron chi connectivity index (χ0n) is 11.1. The Morgan fingerprint density at radius 1 is 1.53 bits per heavy atom. The SMILES string of the molecule is C=C(C)COCCNc1cc(OC)ccc1[N+](=O)[O-]. The van der Waals surface area contributed by atoms with Crippen molar-refractivity contribution < 1.29 is 14.4 Å². The predicted octanol–water partition coefficient (Wildman–Crippen LogP) is 2.61. The minimum Gasteiger partial charge on any atom is -0.497 e. The van der Waals surface area contributed by atoms with Crippen molar-refractivity contribution in [2.75, 3.05) is 32.2 Å². The Kier molecular flexibility index (Phi) is 5.81. The molecular formula is C13H18N2O4. The van der Waals surface area contributed by atoms with E-state index in [1.807, 2.05) is 6.92 Å². The lowest BCUT2D eigenvalue weighted by atomic mass is 10.2. The van der Waals surface area contributed by atoms with Crippen molar-refractivity contribution >= 4 is 11.4 Å². The molecular weight excluding hydrogens is 248 g/mol. The summed E-state index contributed by atoms with van der Waals surface area (Å²) in [6, 6.07) is 4.56. The molecule has 1 rings (SSSR count). The zero-order chi connectivity index (χ0) is 14.3. The van der Waals surface area contributed by atoms with Crippen molar-refractivity contribution in [1.29, 1.82) is 0 Å². The van der Waals surface area contributed by atoms with Crippen molar-refractivity contribution in [2.45, 2.75) is 6.92 Å². The highest BCUT2D eigenvalue weighted by Gasteiger charge is 2.13. The van der Waals surface area contributed by atoms with Gasteiger partial charge in [-0.05, 0) is 13.0 Å². The summed E-state index contributed by atoms with van der Waals surface area (Å²) in [5.41, 5.74) is 1.37. The van der Waals surface area contributed by atoms with Crippen LogP contribution in [0.5, 0.6) is 5.75 Å². The van der Waals surface area contributed by atoms with Crippen LogP contribution in [0.2, 0.25) is 0 Å². The highest BCUT2D eigenvalue weighted by molar-refractivity contribution is 5.64. The van der Waals surface area contributed by atoms with Crippen LogP contribution in [0.15, 0.2) is 30.4 Å². The van der Waals surface area contributed by atoms with Crippen LogP contribution in [0.3, 0.4) is 0 Å². The number of hydrogen-bond donors (Lipinski definition) is 1. The highest BCUT2D eigenvalue weighted by atomic mass is 16.6. The molecule has 19 heavy (non-hydrogen) atoms. The van der Waals surface area contributed by atoms with Gasteiger partial charge in [-0.3, -0.25) is 10.1 Å². The molecule has 1 aromatic rings. The molecule has 0 bridgehead atoms. The van der Waals surface area contributed by atoms with Crippen molar-refractivity contribution in [3.05, 3.63) is 40.5 Å². The molecule has 0 radical (unpaired) electrons. The molecule has 0 heterocycles. The lowest BCUT2D eigenvalue weighted by Gasteiger charge is -2.09. The molecule has 0 aliphatic rings. The quantitative estimate of drug-likeness (QED) is 0.339. The Hall–Kier alpha value is -2.08. The van der Waals surface area contributed by atoms with Gasteiger partial charge in [-0.25, -0.2) is 0 Å². The summed E-state index contributed by atoms with van der Waals surface area (Å²) in [6.45, 7) is 7.00. The molecule has 0 aliphatic carbocycles. The second-order valence-corrected chi connectivity index (χ2v) is 4.08. The van der Waals surface area contributed by atoms with E-state index in [0.29, 0.717) is 31.2 Å². The monoisotopic (exact) mass is 266 g/mol. The van der Waals surface area contributed by atoms with Crippen molar-refractivity contribution in [3.63, 3.8) is 0 Å². The third-order valence-electron chi connectivity index (χ3n) is 2.31. The number of hydrogen-bond acceptors (Lipinski definition) is 5. The van der Waals surface area contributed by atoms with E-state index in [4.69, 9.17) is 9.47 Å². The second-order valence-electron chi connectivity index (χ2n) is 4.08. The van der Waals surface area contributed by atoms with E-state index >= 15 is 0 Å². The fourth-order valence-corrected chi connectivity index (χ4v) is 1.45. The van der Waals surface area contributed by atoms with Crippen LogP contribution in [0.4, 0.5) is 11.4 Å². The molecule has 0 aromatic heterocycles.